The smallest absolute Gasteiger partial charge is 0.250 e. The van der Waals surface area contributed by atoms with Crippen LogP contribution in [0.15, 0.2) is 16.9 Å². The highest BCUT2D eigenvalue weighted by molar-refractivity contribution is 5.93. The molecule has 0 aromatic carbocycles. The standard InChI is InChI=1S/C6H7N3O2/c7-4-1-3(6(8)11)2-5(10)9-4/h1-2H,(H2,8,11)(H3,7,9,10). The number of carbonyl (C=O) groups is 1. The quantitative estimate of drug-likeness (QED) is 0.485. The Morgan fingerprint density at radius 1 is 1.45 bits per heavy atom. The number of hydrogen-bond donors (Lipinski definition) is 3. The number of anilines is 1. The van der Waals surface area contributed by atoms with Gasteiger partial charge < -0.3 is 16.5 Å². The van der Waals surface area contributed by atoms with Gasteiger partial charge in [-0.1, -0.05) is 0 Å². The second-order valence-corrected chi connectivity index (χ2v) is 2.05. The summed E-state index contributed by atoms with van der Waals surface area (Å²) >= 11 is 0. The molecule has 0 aliphatic rings. The summed E-state index contributed by atoms with van der Waals surface area (Å²) in [6, 6.07) is 2.41. The van der Waals surface area contributed by atoms with Crippen LogP contribution in [0.1, 0.15) is 10.4 Å². The number of primary amides is 1. The van der Waals surface area contributed by atoms with Crippen LogP contribution in [0.5, 0.6) is 0 Å². The third-order valence-electron chi connectivity index (χ3n) is 1.15. The number of nitrogens with one attached hydrogen (secondary N) is 1. The van der Waals surface area contributed by atoms with Crippen molar-refractivity contribution in [3.8, 4) is 0 Å². The lowest BCUT2D eigenvalue weighted by Gasteiger charge is -1.95. The minimum atomic E-state index is -0.664. The maximum Gasteiger partial charge on any atom is 0.250 e. The van der Waals surface area contributed by atoms with E-state index < -0.39 is 11.5 Å². The molecule has 5 N–H and O–H groups in total. The molecule has 0 fully saturated rings. The van der Waals surface area contributed by atoms with Gasteiger partial charge in [-0.3, -0.25) is 9.59 Å². The average molecular weight is 153 g/mol. The zero-order valence-electron chi connectivity index (χ0n) is 5.63. The van der Waals surface area contributed by atoms with Crippen LogP contribution in [-0.2, 0) is 0 Å². The van der Waals surface area contributed by atoms with E-state index >= 15 is 0 Å². The molecule has 0 aliphatic carbocycles. The van der Waals surface area contributed by atoms with Gasteiger partial charge in [-0.05, 0) is 6.07 Å². The van der Waals surface area contributed by atoms with E-state index in [-0.39, 0.29) is 11.4 Å². The number of nitrogens with two attached hydrogens (primary N) is 2. The van der Waals surface area contributed by atoms with Crippen LogP contribution in [0.3, 0.4) is 0 Å². The van der Waals surface area contributed by atoms with Crippen molar-refractivity contribution >= 4 is 11.7 Å². The van der Waals surface area contributed by atoms with Gasteiger partial charge in [-0.2, -0.15) is 0 Å². The Balaban J connectivity index is 3.30. The van der Waals surface area contributed by atoms with E-state index in [4.69, 9.17) is 11.5 Å². The number of nitrogen functional groups attached to an aromatic ring is 1. The van der Waals surface area contributed by atoms with Gasteiger partial charge >= 0.3 is 0 Å². The van der Waals surface area contributed by atoms with E-state index in [0.29, 0.717) is 0 Å². The molecule has 58 valence electrons. The summed E-state index contributed by atoms with van der Waals surface area (Å²) in [4.78, 5) is 23.5. The molecule has 1 heterocycles. The van der Waals surface area contributed by atoms with Gasteiger partial charge in [0.25, 0.3) is 0 Å². The number of H-pyrrole nitrogens is 1. The fourth-order valence-electron chi connectivity index (χ4n) is 0.707. The Kier molecular flexibility index (Phi) is 1.63. The molecule has 0 bridgehead atoms. The van der Waals surface area contributed by atoms with Crippen molar-refractivity contribution in [2.24, 2.45) is 5.73 Å². The first-order chi connectivity index (χ1) is 5.09. The van der Waals surface area contributed by atoms with Crippen molar-refractivity contribution in [3.05, 3.63) is 28.0 Å². The Labute approximate surface area is 62.0 Å². The van der Waals surface area contributed by atoms with Gasteiger partial charge in [-0.25, -0.2) is 0 Å². The van der Waals surface area contributed by atoms with Crippen LogP contribution < -0.4 is 17.0 Å². The average Bonchev–Trinajstić information content (AvgIpc) is 1.85. The summed E-state index contributed by atoms with van der Waals surface area (Å²) in [6.45, 7) is 0. The normalized spacial score (nSPS) is 9.45. The first-order valence-electron chi connectivity index (χ1n) is 2.89. The lowest BCUT2D eigenvalue weighted by molar-refractivity contribution is 0.1000. The molecule has 1 amide bonds. The third kappa shape index (κ3) is 1.57. The molecule has 1 aromatic rings. The number of aromatic amines is 1. The maximum atomic E-state index is 10.7. The Morgan fingerprint density at radius 3 is 2.55 bits per heavy atom. The maximum absolute atomic E-state index is 10.7. The van der Waals surface area contributed by atoms with Crippen molar-refractivity contribution in [2.45, 2.75) is 0 Å². The summed E-state index contributed by atoms with van der Waals surface area (Å²) < 4.78 is 0. The second-order valence-electron chi connectivity index (χ2n) is 2.05. The third-order valence-corrected chi connectivity index (χ3v) is 1.15. The number of carbonyl (C=O) groups excluding carboxylic acids is 1. The van der Waals surface area contributed by atoms with E-state index in [1.807, 2.05) is 0 Å². The lowest BCUT2D eigenvalue weighted by atomic mass is 10.2. The van der Waals surface area contributed by atoms with Crippen molar-refractivity contribution in [1.29, 1.82) is 0 Å². The Morgan fingerprint density at radius 2 is 2.09 bits per heavy atom. The fourth-order valence-corrected chi connectivity index (χ4v) is 0.707. The Hall–Kier alpha value is -1.78. The molecule has 0 aliphatic heterocycles. The molecule has 1 rings (SSSR count). The number of amides is 1. The van der Waals surface area contributed by atoms with Crippen molar-refractivity contribution in [2.75, 3.05) is 5.73 Å². The van der Waals surface area contributed by atoms with Crippen LogP contribution >= 0.6 is 0 Å². The zero-order chi connectivity index (χ0) is 8.43. The molecule has 5 heteroatoms. The second kappa shape index (κ2) is 2.45. The minimum absolute atomic E-state index is 0.117. The first kappa shape index (κ1) is 7.33. The number of rotatable bonds is 1. The predicted molar refractivity (Wildman–Crippen MR) is 40.0 cm³/mol. The van der Waals surface area contributed by atoms with E-state index in [2.05, 4.69) is 4.98 Å². The van der Waals surface area contributed by atoms with Crippen molar-refractivity contribution < 1.29 is 4.79 Å². The molecule has 0 saturated heterocycles. The molecule has 0 atom stereocenters. The number of aromatic nitrogens is 1. The summed E-state index contributed by atoms with van der Waals surface area (Å²) in [5, 5.41) is 0. The van der Waals surface area contributed by atoms with Gasteiger partial charge in [-0.15, -0.1) is 0 Å². The minimum Gasteiger partial charge on any atom is -0.385 e. The number of pyridine rings is 1. The summed E-state index contributed by atoms with van der Waals surface area (Å²) in [7, 11) is 0. The highest BCUT2D eigenvalue weighted by atomic mass is 16.1. The molecule has 0 radical (unpaired) electrons. The Bertz CT molecular complexity index is 342. The van der Waals surface area contributed by atoms with Gasteiger partial charge in [0.15, 0.2) is 0 Å². The van der Waals surface area contributed by atoms with Crippen LogP contribution in [0.25, 0.3) is 0 Å². The molecule has 5 nitrogen and oxygen atoms in total. The monoisotopic (exact) mass is 153 g/mol. The van der Waals surface area contributed by atoms with E-state index in [9.17, 15) is 9.59 Å². The highest BCUT2D eigenvalue weighted by Crippen LogP contribution is 1.97. The number of hydrogen-bond acceptors (Lipinski definition) is 3. The van der Waals surface area contributed by atoms with Crippen molar-refractivity contribution in [3.63, 3.8) is 0 Å². The molecular formula is C6H7N3O2. The van der Waals surface area contributed by atoms with E-state index in [0.717, 1.165) is 6.07 Å². The molecule has 0 unspecified atom stereocenters. The topological polar surface area (TPSA) is 102 Å². The molecule has 0 spiro atoms. The largest absolute Gasteiger partial charge is 0.385 e. The van der Waals surface area contributed by atoms with Crippen LogP contribution in [0.4, 0.5) is 5.82 Å². The molecule has 11 heavy (non-hydrogen) atoms. The zero-order valence-corrected chi connectivity index (χ0v) is 5.63. The summed E-state index contributed by atoms with van der Waals surface area (Å²) in [6.07, 6.45) is 0. The van der Waals surface area contributed by atoms with Crippen LogP contribution in [0.2, 0.25) is 0 Å². The highest BCUT2D eigenvalue weighted by Gasteiger charge is 2.00. The van der Waals surface area contributed by atoms with Crippen molar-refractivity contribution in [1.82, 2.24) is 4.98 Å². The van der Waals surface area contributed by atoms with E-state index in [1.165, 1.54) is 6.07 Å². The van der Waals surface area contributed by atoms with Crippen LogP contribution in [0, 0.1) is 0 Å². The van der Waals surface area contributed by atoms with Gasteiger partial charge in [0.05, 0.1) is 0 Å². The molecule has 0 saturated carbocycles. The summed E-state index contributed by atoms with van der Waals surface area (Å²) in [5.74, 6) is -0.533. The van der Waals surface area contributed by atoms with Gasteiger partial charge in [0, 0.05) is 11.6 Å². The van der Waals surface area contributed by atoms with Gasteiger partial charge in [0.1, 0.15) is 5.82 Å². The molecule has 1 aromatic heterocycles. The lowest BCUT2D eigenvalue weighted by Crippen LogP contribution is -2.16. The predicted octanol–water partition coefficient (Wildman–Crippen LogP) is -0.944. The van der Waals surface area contributed by atoms with E-state index in [1.54, 1.807) is 0 Å². The SMILES string of the molecule is NC(=O)c1cc(N)[nH]c(=O)c1. The fraction of sp³-hybridized carbons (Fsp3) is 0. The molecular weight excluding hydrogens is 146 g/mol. The summed E-state index contributed by atoms with van der Waals surface area (Å²) in [5.41, 5.74) is 9.82. The van der Waals surface area contributed by atoms with Gasteiger partial charge in [0.2, 0.25) is 11.5 Å². The van der Waals surface area contributed by atoms with Crippen LogP contribution in [-0.4, -0.2) is 10.9 Å². The first-order valence-corrected chi connectivity index (χ1v) is 2.89.